The Balaban J connectivity index is 2.05. The van der Waals surface area contributed by atoms with Gasteiger partial charge in [0.15, 0.2) is 0 Å². The summed E-state index contributed by atoms with van der Waals surface area (Å²) in [5, 5.41) is 5.80. The van der Waals surface area contributed by atoms with Crippen LogP contribution in [0.15, 0.2) is 40.9 Å². The molecule has 2 aromatic carbocycles. The fourth-order valence-electron chi connectivity index (χ4n) is 2.08. The van der Waals surface area contributed by atoms with Crippen molar-refractivity contribution in [1.29, 1.82) is 0 Å². The first-order chi connectivity index (χ1) is 9.50. The van der Waals surface area contributed by atoms with E-state index >= 15 is 0 Å². The van der Waals surface area contributed by atoms with Gasteiger partial charge < -0.3 is 10.1 Å². The Bertz CT molecular complexity index is 580. The van der Waals surface area contributed by atoms with Gasteiger partial charge in [-0.3, -0.25) is 0 Å². The van der Waals surface area contributed by atoms with E-state index in [2.05, 4.69) is 72.3 Å². The summed E-state index contributed by atoms with van der Waals surface area (Å²) in [6, 6.07) is 12.5. The molecule has 108 valence electrons. The Morgan fingerprint density at radius 3 is 2.55 bits per heavy atom. The zero-order chi connectivity index (χ0) is 14.6. The SMILES string of the molecule is CCNCC(C)(C)COc1ccc2cc(Br)ccc2c1. The van der Waals surface area contributed by atoms with Crippen molar-refractivity contribution in [3.8, 4) is 5.75 Å². The standard InChI is InChI=1S/C17H22BrNO/c1-4-19-11-17(2,3)12-20-16-8-6-13-9-15(18)7-5-14(13)10-16/h5-10,19H,4,11-12H2,1-3H3. The summed E-state index contributed by atoms with van der Waals surface area (Å²) in [5.41, 5.74) is 0.130. The smallest absolute Gasteiger partial charge is 0.119 e. The molecule has 0 fully saturated rings. The van der Waals surface area contributed by atoms with Gasteiger partial charge in [-0.05, 0) is 41.6 Å². The molecule has 2 rings (SSSR count). The first kappa shape index (κ1) is 15.3. The lowest BCUT2D eigenvalue weighted by Crippen LogP contribution is -2.34. The molecule has 0 unspecified atom stereocenters. The number of halogens is 1. The van der Waals surface area contributed by atoms with Crippen LogP contribution in [0.25, 0.3) is 10.8 Å². The van der Waals surface area contributed by atoms with E-state index in [1.165, 1.54) is 10.8 Å². The van der Waals surface area contributed by atoms with Crippen molar-refractivity contribution < 1.29 is 4.74 Å². The molecule has 2 nitrogen and oxygen atoms in total. The molecule has 2 aromatic rings. The van der Waals surface area contributed by atoms with Crippen LogP contribution in [0.4, 0.5) is 0 Å². The maximum Gasteiger partial charge on any atom is 0.119 e. The monoisotopic (exact) mass is 335 g/mol. The van der Waals surface area contributed by atoms with Crippen LogP contribution >= 0.6 is 15.9 Å². The number of benzene rings is 2. The molecule has 0 saturated carbocycles. The van der Waals surface area contributed by atoms with E-state index in [0.29, 0.717) is 6.61 Å². The summed E-state index contributed by atoms with van der Waals surface area (Å²) in [6.45, 7) is 9.22. The van der Waals surface area contributed by atoms with Crippen molar-refractivity contribution in [3.05, 3.63) is 40.9 Å². The van der Waals surface area contributed by atoms with Crippen LogP contribution in [-0.2, 0) is 0 Å². The van der Waals surface area contributed by atoms with Gasteiger partial charge in [-0.2, -0.15) is 0 Å². The van der Waals surface area contributed by atoms with Gasteiger partial charge in [0.1, 0.15) is 5.75 Å². The second-order valence-electron chi connectivity index (χ2n) is 5.89. The maximum absolute atomic E-state index is 5.95. The van der Waals surface area contributed by atoms with Crippen molar-refractivity contribution in [1.82, 2.24) is 5.32 Å². The number of nitrogens with one attached hydrogen (secondary N) is 1. The molecular formula is C17H22BrNO. The molecule has 20 heavy (non-hydrogen) atoms. The largest absolute Gasteiger partial charge is 0.493 e. The molecule has 0 aliphatic heterocycles. The average molecular weight is 336 g/mol. The highest BCUT2D eigenvalue weighted by Crippen LogP contribution is 2.25. The highest BCUT2D eigenvalue weighted by Gasteiger charge is 2.18. The minimum Gasteiger partial charge on any atom is -0.493 e. The fourth-order valence-corrected chi connectivity index (χ4v) is 2.46. The van der Waals surface area contributed by atoms with Crippen molar-refractivity contribution in [3.63, 3.8) is 0 Å². The Hall–Kier alpha value is -1.06. The summed E-state index contributed by atoms with van der Waals surface area (Å²) in [7, 11) is 0. The van der Waals surface area contributed by atoms with E-state index in [1.54, 1.807) is 0 Å². The number of rotatable bonds is 6. The molecule has 0 aromatic heterocycles. The Morgan fingerprint density at radius 1 is 1.10 bits per heavy atom. The quantitative estimate of drug-likeness (QED) is 0.831. The molecule has 0 amide bonds. The molecule has 0 spiro atoms. The van der Waals surface area contributed by atoms with Crippen molar-refractivity contribution in [2.75, 3.05) is 19.7 Å². The van der Waals surface area contributed by atoms with Crippen molar-refractivity contribution in [2.45, 2.75) is 20.8 Å². The summed E-state index contributed by atoms with van der Waals surface area (Å²) >= 11 is 3.49. The predicted octanol–water partition coefficient (Wildman–Crippen LogP) is 4.62. The maximum atomic E-state index is 5.95. The van der Waals surface area contributed by atoms with Gasteiger partial charge in [0.25, 0.3) is 0 Å². The molecular weight excluding hydrogens is 314 g/mol. The lowest BCUT2D eigenvalue weighted by molar-refractivity contribution is 0.177. The van der Waals surface area contributed by atoms with Crippen LogP contribution in [0, 0.1) is 5.41 Å². The van der Waals surface area contributed by atoms with E-state index in [0.717, 1.165) is 23.3 Å². The van der Waals surface area contributed by atoms with E-state index in [9.17, 15) is 0 Å². The minimum atomic E-state index is 0.130. The molecule has 0 radical (unpaired) electrons. The first-order valence-corrected chi connectivity index (χ1v) is 7.82. The van der Waals surface area contributed by atoms with Crippen LogP contribution < -0.4 is 10.1 Å². The first-order valence-electron chi connectivity index (χ1n) is 7.03. The molecule has 0 heterocycles. The van der Waals surface area contributed by atoms with Crippen molar-refractivity contribution in [2.24, 2.45) is 5.41 Å². The molecule has 0 saturated heterocycles. The molecule has 0 aliphatic carbocycles. The zero-order valence-electron chi connectivity index (χ0n) is 12.4. The van der Waals surface area contributed by atoms with Crippen LogP contribution in [0.2, 0.25) is 0 Å². The van der Waals surface area contributed by atoms with Crippen LogP contribution in [0.3, 0.4) is 0 Å². The van der Waals surface area contributed by atoms with Crippen LogP contribution in [-0.4, -0.2) is 19.7 Å². The lowest BCUT2D eigenvalue weighted by atomic mass is 9.95. The summed E-state index contributed by atoms with van der Waals surface area (Å²) in [6.07, 6.45) is 0. The molecule has 3 heteroatoms. The van der Waals surface area contributed by atoms with E-state index in [4.69, 9.17) is 4.74 Å². The third kappa shape index (κ3) is 4.22. The van der Waals surface area contributed by atoms with Gasteiger partial charge in [-0.15, -0.1) is 0 Å². The Labute approximate surface area is 129 Å². The molecule has 0 atom stereocenters. The number of fused-ring (bicyclic) bond motifs is 1. The average Bonchev–Trinajstić information content (AvgIpc) is 2.43. The topological polar surface area (TPSA) is 21.3 Å². The summed E-state index contributed by atoms with van der Waals surface area (Å²) < 4.78 is 7.06. The van der Waals surface area contributed by atoms with E-state index < -0.39 is 0 Å². The fraction of sp³-hybridized carbons (Fsp3) is 0.412. The second kappa shape index (κ2) is 6.59. The number of hydrogen-bond acceptors (Lipinski definition) is 2. The Kier molecular flexibility index (Phi) is 5.06. The zero-order valence-corrected chi connectivity index (χ0v) is 14.0. The van der Waals surface area contributed by atoms with Gasteiger partial charge >= 0.3 is 0 Å². The normalized spacial score (nSPS) is 11.8. The third-order valence-corrected chi connectivity index (χ3v) is 3.75. The van der Waals surface area contributed by atoms with Gasteiger partial charge in [0.2, 0.25) is 0 Å². The number of ether oxygens (including phenoxy) is 1. The molecule has 0 bridgehead atoms. The second-order valence-corrected chi connectivity index (χ2v) is 6.80. The van der Waals surface area contributed by atoms with E-state index in [1.807, 2.05) is 6.07 Å². The van der Waals surface area contributed by atoms with Gasteiger partial charge in [0.05, 0.1) is 6.61 Å². The van der Waals surface area contributed by atoms with Crippen LogP contribution in [0.5, 0.6) is 5.75 Å². The predicted molar refractivity (Wildman–Crippen MR) is 89.5 cm³/mol. The van der Waals surface area contributed by atoms with Crippen LogP contribution in [0.1, 0.15) is 20.8 Å². The van der Waals surface area contributed by atoms with Gasteiger partial charge in [-0.25, -0.2) is 0 Å². The minimum absolute atomic E-state index is 0.130. The summed E-state index contributed by atoms with van der Waals surface area (Å²) in [5.74, 6) is 0.935. The molecule has 1 N–H and O–H groups in total. The summed E-state index contributed by atoms with van der Waals surface area (Å²) in [4.78, 5) is 0. The third-order valence-electron chi connectivity index (χ3n) is 3.26. The van der Waals surface area contributed by atoms with E-state index in [-0.39, 0.29) is 5.41 Å². The number of hydrogen-bond donors (Lipinski definition) is 1. The Morgan fingerprint density at radius 2 is 1.80 bits per heavy atom. The lowest BCUT2D eigenvalue weighted by Gasteiger charge is -2.25. The highest BCUT2D eigenvalue weighted by atomic mass is 79.9. The van der Waals surface area contributed by atoms with Gasteiger partial charge in [-0.1, -0.05) is 48.8 Å². The molecule has 0 aliphatic rings. The van der Waals surface area contributed by atoms with Crippen molar-refractivity contribution >= 4 is 26.7 Å². The highest BCUT2D eigenvalue weighted by molar-refractivity contribution is 9.10. The van der Waals surface area contributed by atoms with Gasteiger partial charge in [0, 0.05) is 16.4 Å².